The zero-order chi connectivity index (χ0) is 31.6. The lowest BCUT2D eigenvalue weighted by Gasteiger charge is -2.25. The molecule has 10 aromatic rings. The van der Waals surface area contributed by atoms with E-state index in [1.807, 2.05) is 66.7 Å². The Kier molecular flexibility index (Phi) is 5.81. The van der Waals surface area contributed by atoms with Gasteiger partial charge in [-0.3, -0.25) is 0 Å². The zero-order valence-corrected chi connectivity index (χ0v) is 25.6. The van der Waals surface area contributed by atoms with Crippen LogP contribution < -0.4 is 4.90 Å². The Morgan fingerprint density at radius 2 is 1.04 bits per heavy atom. The molecule has 0 fully saturated rings. The molecule has 0 bridgehead atoms. The standard InChI is InChI=1S/C43H26N2O3/c1-2-9-29(10-3-1)45(31-22-24-33-32-11-4-6-14-37(32)46-41(33)26-31)30-20-17-27(18-21-30)28-19-23-34-40(25-28)47-39-16-8-12-35(42(34)39)43-44-36-13-5-7-15-38(36)48-43/h1-26H. The minimum atomic E-state index is 0.589. The molecule has 0 saturated heterocycles. The van der Waals surface area contributed by atoms with Crippen LogP contribution in [-0.4, -0.2) is 4.98 Å². The summed E-state index contributed by atoms with van der Waals surface area (Å²) < 4.78 is 18.8. The van der Waals surface area contributed by atoms with Crippen molar-refractivity contribution in [3.63, 3.8) is 0 Å². The third-order valence-corrected chi connectivity index (χ3v) is 9.12. The second kappa shape index (κ2) is 10.5. The van der Waals surface area contributed by atoms with Gasteiger partial charge in [0.25, 0.3) is 0 Å². The van der Waals surface area contributed by atoms with Crippen molar-refractivity contribution in [2.75, 3.05) is 4.90 Å². The van der Waals surface area contributed by atoms with Crippen molar-refractivity contribution in [1.29, 1.82) is 0 Å². The van der Waals surface area contributed by atoms with Gasteiger partial charge < -0.3 is 18.2 Å². The normalized spacial score (nSPS) is 11.8. The lowest BCUT2D eigenvalue weighted by atomic mass is 10.0. The molecule has 0 spiro atoms. The summed E-state index contributed by atoms with van der Waals surface area (Å²) in [5.41, 5.74) is 11.2. The number of hydrogen-bond donors (Lipinski definition) is 0. The molecule has 0 unspecified atom stereocenters. The molecule has 0 saturated carbocycles. The number of nitrogens with zero attached hydrogens (tertiary/aromatic N) is 2. The van der Waals surface area contributed by atoms with Crippen molar-refractivity contribution in [3.05, 3.63) is 158 Å². The van der Waals surface area contributed by atoms with Gasteiger partial charge in [0.1, 0.15) is 27.8 Å². The Bertz CT molecular complexity index is 2760. The highest BCUT2D eigenvalue weighted by atomic mass is 16.4. The number of aromatic nitrogens is 1. The van der Waals surface area contributed by atoms with Gasteiger partial charge in [0.2, 0.25) is 5.89 Å². The maximum atomic E-state index is 6.40. The first kappa shape index (κ1) is 26.6. The van der Waals surface area contributed by atoms with Crippen molar-refractivity contribution in [3.8, 4) is 22.6 Å². The van der Waals surface area contributed by atoms with E-state index >= 15 is 0 Å². The Morgan fingerprint density at radius 1 is 0.396 bits per heavy atom. The monoisotopic (exact) mass is 618 g/mol. The minimum absolute atomic E-state index is 0.589. The first-order valence-electron chi connectivity index (χ1n) is 15.9. The van der Waals surface area contributed by atoms with E-state index in [-0.39, 0.29) is 0 Å². The first-order valence-corrected chi connectivity index (χ1v) is 15.9. The van der Waals surface area contributed by atoms with Crippen LogP contribution in [0.4, 0.5) is 17.1 Å². The summed E-state index contributed by atoms with van der Waals surface area (Å²) in [4.78, 5) is 7.01. The van der Waals surface area contributed by atoms with Crippen LogP contribution in [0.25, 0.3) is 77.6 Å². The molecule has 10 rings (SSSR count). The van der Waals surface area contributed by atoms with Gasteiger partial charge in [-0.05, 0) is 90.0 Å². The van der Waals surface area contributed by atoms with Crippen LogP contribution in [0.5, 0.6) is 0 Å². The maximum absolute atomic E-state index is 6.40. The highest BCUT2D eigenvalue weighted by Crippen LogP contribution is 2.41. The molecule has 0 atom stereocenters. The summed E-state index contributed by atoms with van der Waals surface area (Å²) in [7, 11) is 0. The summed E-state index contributed by atoms with van der Waals surface area (Å²) in [6.45, 7) is 0. The number of para-hydroxylation sites is 4. The molecule has 5 nitrogen and oxygen atoms in total. The van der Waals surface area contributed by atoms with Crippen LogP contribution in [0.1, 0.15) is 0 Å². The van der Waals surface area contributed by atoms with Crippen LogP contribution in [0.15, 0.2) is 171 Å². The first-order chi connectivity index (χ1) is 23.8. The van der Waals surface area contributed by atoms with E-state index in [4.69, 9.17) is 18.2 Å². The number of fused-ring (bicyclic) bond motifs is 7. The second-order valence-corrected chi connectivity index (χ2v) is 12.0. The molecule has 5 heteroatoms. The number of rotatable bonds is 5. The van der Waals surface area contributed by atoms with Gasteiger partial charge in [0.15, 0.2) is 5.58 Å². The van der Waals surface area contributed by atoms with Crippen LogP contribution in [0, 0.1) is 0 Å². The summed E-state index contributed by atoms with van der Waals surface area (Å²) in [6.07, 6.45) is 0. The van der Waals surface area contributed by atoms with E-state index in [9.17, 15) is 0 Å². The highest BCUT2D eigenvalue weighted by molar-refractivity contribution is 6.12. The highest BCUT2D eigenvalue weighted by Gasteiger charge is 2.18. The molecule has 48 heavy (non-hydrogen) atoms. The van der Waals surface area contributed by atoms with E-state index in [1.165, 1.54) is 0 Å². The van der Waals surface area contributed by atoms with E-state index in [1.54, 1.807) is 0 Å². The number of furan rings is 2. The van der Waals surface area contributed by atoms with Crippen molar-refractivity contribution in [2.24, 2.45) is 0 Å². The molecule has 0 aliphatic carbocycles. The number of oxazole rings is 1. The Morgan fingerprint density at radius 3 is 1.92 bits per heavy atom. The summed E-state index contributed by atoms with van der Waals surface area (Å²) >= 11 is 0. The minimum Gasteiger partial charge on any atom is -0.456 e. The van der Waals surface area contributed by atoms with Gasteiger partial charge in [0, 0.05) is 50.2 Å². The molecular formula is C43H26N2O3. The third kappa shape index (κ3) is 4.22. The zero-order valence-electron chi connectivity index (χ0n) is 25.6. The Balaban J connectivity index is 1.03. The second-order valence-electron chi connectivity index (χ2n) is 12.0. The Labute approximate surface area is 274 Å². The quantitative estimate of drug-likeness (QED) is 0.192. The smallest absolute Gasteiger partial charge is 0.228 e. The topological polar surface area (TPSA) is 55.6 Å². The van der Waals surface area contributed by atoms with Crippen molar-refractivity contribution in [1.82, 2.24) is 4.98 Å². The molecule has 0 amide bonds. The van der Waals surface area contributed by atoms with Crippen molar-refractivity contribution in [2.45, 2.75) is 0 Å². The van der Waals surface area contributed by atoms with Crippen LogP contribution in [0.3, 0.4) is 0 Å². The molecule has 3 heterocycles. The SMILES string of the molecule is c1ccc(N(c2ccc(-c3ccc4c(c3)oc3cccc(-c5nc6ccccc6o5)c34)cc2)c2ccc3c(c2)oc2ccccc23)cc1. The molecular weight excluding hydrogens is 592 g/mol. The van der Waals surface area contributed by atoms with E-state index < -0.39 is 0 Å². The molecule has 0 radical (unpaired) electrons. The number of benzene rings is 7. The molecule has 3 aromatic heterocycles. The fourth-order valence-electron chi connectivity index (χ4n) is 6.85. The van der Waals surface area contributed by atoms with E-state index in [2.05, 4.69) is 95.9 Å². The van der Waals surface area contributed by atoms with Gasteiger partial charge in [-0.1, -0.05) is 72.8 Å². The predicted octanol–water partition coefficient (Wildman–Crippen LogP) is 12.4. The average Bonchev–Trinajstić information content (AvgIpc) is 3.85. The third-order valence-electron chi connectivity index (χ3n) is 9.12. The van der Waals surface area contributed by atoms with Crippen LogP contribution in [0.2, 0.25) is 0 Å². The van der Waals surface area contributed by atoms with Gasteiger partial charge in [0.05, 0.1) is 0 Å². The van der Waals surface area contributed by atoms with Gasteiger partial charge in [-0.15, -0.1) is 0 Å². The van der Waals surface area contributed by atoms with Gasteiger partial charge >= 0.3 is 0 Å². The summed E-state index contributed by atoms with van der Waals surface area (Å²) in [5.74, 6) is 0.589. The molecule has 0 aliphatic rings. The van der Waals surface area contributed by atoms with E-state index in [0.29, 0.717) is 5.89 Å². The number of hydrogen-bond acceptors (Lipinski definition) is 5. The molecule has 7 aromatic carbocycles. The predicted molar refractivity (Wildman–Crippen MR) is 194 cm³/mol. The molecule has 226 valence electrons. The fraction of sp³-hybridized carbons (Fsp3) is 0. The maximum Gasteiger partial charge on any atom is 0.228 e. The van der Waals surface area contributed by atoms with Crippen molar-refractivity contribution >= 4 is 72.0 Å². The van der Waals surface area contributed by atoms with Crippen LogP contribution >= 0.6 is 0 Å². The largest absolute Gasteiger partial charge is 0.456 e. The Hall–Kier alpha value is -6.59. The summed E-state index contributed by atoms with van der Waals surface area (Å²) in [6, 6.07) is 54.0. The lowest BCUT2D eigenvalue weighted by molar-refractivity contribution is 0.620. The van der Waals surface area contributed by atoms with Crippen molar-refractivity contribution < 1.29 is 13.3 Å². The fourth-order valence-corrected chi connectivity index (χ4v) is 6.85. The molecule has 0 aliphatic heterocycles. The van der Waals surface area contributed by atoms with Crippen LogP contribution in [-0.2, 0) is 0 Å². The lowest BCUT2D eigenvalue weighted by Crippen LogP contribution is -2.09. The van der Waals surface area contributed by atoms with E-state index in [0.717, 1.165) is 88.7 Å². The average molecular weight is 619 g/mol. The van der Waals surface area contributed by atoms with Gasteiger partial charge in [-0.2, -0.15) is 0 Å². The summed E-state index contributed by atoms with van der Waals surface area (Å²) in [5, 5.41) is 4.26. The number of anilines is 3. The molecule has 0 N–H and O–H groups in total. The van der Waals surface area contributed by atoms with Gasteiger partial charge in [-0.25, -0.2) is 4.98 Å².